The van der Waals surface area contributed by atoms with Crippen molar-refractivity contribution in [2.75, 3.05) is 39.3 Å². The Kier molecular flexibility index (Phi) is 4.68. The van der Waals surface area contributed by atoms with Gasteiger partial charge in [-0.25, -0.2) is 0 Å². The van der Waals surface area contributed by atoms with Gasteiger partial charge in [0.15, 0.2) is 0 Å². The highest BCUT2D eigenvalue weighted by Crippen LogP contribution is 2.28. The van der Waals surface area contributed by atoms with Crippen LogP contribution in [-0.2, 0) is 0 Å². The van der Waals surface area contributed by atoms with Crippen LogP contribution in [0.25, 0.3) is 0 Å². The highest BCUT2D eigenvalue weighted by Gasteiger charge is 2.32. The molecule has 106 valence electrons. The number of nitrogens with zero attached hydrogens (tertiary/aromatic N) is 2. The fourth-order valence-corrected chi connectivity index (χ4v) is 2.87. The summed E-state index contributed by atoms with van der Waals surface area (Å²) in [6, 6.07) is 1.54. The molecule has 2 rings (SSSR count). The first-order valence-electron chi connectivity index (χ1n) is 7.66. The van der Waals surface area contributed by atoms with Gasteiger partial charge in [-0.3, -0.25) is 4.90 Å². The first-order valence-corrected chi connectivity index (χ1v) is 7.66. The van der Waals surface area contributed by atoms with Crippen molar-refractivity contribution in [3.05, 3.63) is 0 Å². The SMILES string of the molecule is CC(C)NCC(C)(C)CN1CCN(C2CC2)CC1. The molecule has 0 unspecified atom stereocenters. The van der Waals surface area contributed by atoms with E-state index in [1.807, 2.05) is 0 Å². The minimum absolute atomic E-state index is 0.381. The molecular formula is C15H31N3. The second kappa shape index (κ2) is 5.89. The molecule has 0 aromatic rings. The van der Waals surface area contributed by atoms with E-state index in [9.17, 15) is 0 Å². The Morgan fingerprint density at radius 1 is 1.11 bits per heavy atom. The van der Waals surface area contributed by atoms with Crippen LogP contribution in [0.2, 0.25) is 0 Å². The molecule has 0 spiro atoms. The molecule has 1 aliphatic heterocycles. The van der Waals surface area contributed by atoms with Gasteiger partial charge in [0.25, 0.3) is 0 Å². The molecule has 0 amide bonds. The Morgan fingerprint density at radius 3 is 2.22 bits per heavy atom. The van der Waals surface area contributed by atoms with Crippen LogP contribution in [0.4, 0.5) is 0 Å². The third-order valence-electron chi connectivity index (χ3n) is 4.11. The van der Waals surface area contributed by atoms with Gasteiger partial charge in [-0.15, -0.1) is 0 Å². The zero-order valence-corrected chi connectivity index (χ0v) is 12.7. The fraction of sp³-hybridized carbons (Fsp3) is 1.00. The lowest BCUT2D eigenvalue weighted by molar-refractivity contribution is 0.0916. The van der Waals surface area contributed by atoms with Crippen molar-refractivity contribution < 1.29 is 0 Å². The molecule has 2 fully saturated rings. The Morgan fingerprint density at radius 2 is 1.72 bits per heavy atom. The molecular weight excluding hydrogens is 222 g/mol. The predicted octanol–water partition coefficient (Wildman–Crippen LogP) is 1.79. The van der Waals surface area contributed by atoms with E-state index in [-0.39, 0.29) is 0 Å². The lowest BCUT2D eigenvalue weighted by Gasteiger charge is -2.39. The second-order valence-electron chi connectivity index (χ2n) is 7.24. The van der Waals surface area contributed by atoms with Gasteiger partial charge in [0.2, 0.25) is 0 Å². The molecule has 18 heavy (non-hydrogen) atoms. The van der Waals surface area contributed by atoms with E-state index in [0.29, 0.717) is 11.5 Å². The topological polar surface area (TPSA) is 18.5 Å². The summed E-state index contributed by atoms with van der Waals surface area (Å²) in [6.45, 7) is 16.7. The van der Waals surface area contributed by atoms with E-state index >= 15 is 0 Å². The summed E-state index contributed by atoms with van der Waals surface area (Å²) in [6.07, 6.45) is 2.90. The summed E-state index contributed by atoms with van der Waals surface area (Å²) in [5, 5.41) is 3.58. The van der Waals surface area contributed by atoms with E-state index in [1.54, 1.807) is 0 Å². The molecule has 1 saturated carbocycles. The largest absolute Gasteiger partial charge is 0.314 e. The van der Waals surface area contributed by atoms with E-state index in [0.717, 1.165) is 12.6 Å². The van der Waals surface area contributed by atoms with Gasteiger partial charge in [-0.05, 0) is 18.3 Å². The monoisotopic (exact) mass is 253 g/mol. The summed E-state index contributed by atoms with van der Waals surface area (Å²) in [4.78, 5) is 5.34. The summed E-state index contributed by atoms with van der Waals surface area (Å²) in [5.41, 5.74) is 0.381. The molecule has 0 bridgehead atoms. The van der Waals surface area contributed by atoms with Crippen LogP contribution in [0.15, 0.2) is 0 Å². The van der Waals surface area contributed by atoms with Gasteiger partial charge in [0, 0.05) is 51.4 Å². The first kappa shape index (κ1) is 14.3. The summed E-state index contributed by atoms with van der Waals surface area (Å²) >= 11 is 0. The van der Waals surface area contributed by atoms with Crippen LogP contribution >= 0.6 is 0 Å². The summed E-state index contributed by atoms with van der Waals surface area (Å²) in [7, 11) is 0. The zero-order chi connectivity index (χ0) is 13.2. The Hall–Kier alpha value is -0.120. The van der Waals surface area contributed by atoms with Gasteiger partial charge < -0.3 is 10.2 Å². The average Bonchev–Trinajstić information content (AvgIpc) is 3.11. The smallest absolute Gasteiger partial charge is 0.0113 e. The number of piperazine rings is 1. The molecule has 1 N–H and O–H groups in total. The van der Waals surface area contributed by atoms with Crippen molar-refractivity contribution in [3.8, 4) is 0 Å². The van der Waals surface area contributed by atoms with E-state index in [1.165, 1.54) is 45.6 Å². The maximum absolute atomic E-state index is 3.58. The Bertz CT molecular complexity index is 250. The molecule has 3 heteroatoms. The van der Waals surface area contributed by atoms with Crippen molar-refractivity contribution in [3.63, 3.8) is 0 Å². The van der Waals surface area contributed by atoms with Crippen LogP contribution in [0, 0.1) is 5.41 Å². The van der Waals surface area contributed by atoms with Crippen LogP contribution in [0.5, 0.6) is 0 Å². The van der Waals surface area contributed by atoms with Gasteiger partial charge >= 0.3 is 0 Å². The number of hydrogen-bond donors (Lipinski definition) is 1. The van der Waals surface area contributed by atoms with Crippen molar-refractivity contribution >= 4 is 0 Å². The van der Waals surface area contributed by atoms with Crippen LogP contribution in [-0.4, -0.2) is 61.2 Å². The Labute approximate surface area is 113 Å². The number of nitrogens with one attached hydrogen (secondary N) is 1. The lowest BCUT2D eigenvalue weighted by Crippen LogP contribution is -2.51. The molecule has 1 heterocycles. The molecule has 0 radical (unpaired) electrons. The van der Waals surface area contributed by atoms with E-state index in [2.05, 4.69) is 42.8 Å². The number of rotatable bonds is 6. The van der Waals surface area contributed by atoms with Gasteiger partial charge in [-0.2, -0.15) is 0 Å². The lowest BCUT2D eigenvalue weighted by atomic mass is 9.92. The van der Waals surface area contributed by atoms with Crippen LogP contribution in [0.3, 0.4) is 0 Å². The highest BCUT2D eigenvalue weighted by molar-refractivity contribution is 4.88. The second-order valence-corrected chi connectivity index (χ2v) is 7.24. The predicted molar refractivity (Wildman–Crippen MR) is 78.0 cm³/mol. The van der Waals surface area contributed by atoms with Gasteiger partial charge in [0.05, 0.1) is 0 Å². The number of hydrogen-bond acceptors (Lipinski definition) is 3. The molecule has 0 aromatic heterocycles. The molecule has 0 aromatic carbocycles. The summed E-state index contributed by atoms with van der Waals surface area (Å²) in [5.74, 6) is 0. The maximum Gasteiger partial charge on any atom is 0.0113 e. The molecule has 3 nitrogen and oxygen atoms in total. The summed E-state index contributed by atoms with van der Waals surface area (Å²) < 4.78 is 0. The van der Waals surface area contributed by atoms with E-state index in [4.69, 9.17) is 0 Å². The Balaban J connectivity index is 1.69. The quantitative estimate of drug-likeness (QED) is 0.778. The first-order chi connectivity index (χ1) is 8.46. The van der Waals surface area contributed by atoms with Crippen LogP contribution in [0.1, 0.15) is 40.5 Å². The third-order valence-corrected chi connectivity index (χ3v) is 4.11. The molecule has 0 atom stereocenters. The van der Waals surface area contributed by atoms with Crippen molar-refractivity contribution in [1.29, 1.82) is 0 Å². The van der Waals surface area contributed by atoms with E-state index < -0.39 is 0 Å². The normalized spacial score (nSPS) is 23.8. The molecule has 1 aliphatic carbocycles. The molecule has 2 aliphatic rings. The van der Waals surface area contributed by atoms with Crippen molar-refractivity contribution in [1.82, 2.24) is 15.1 Å². The van der Waals surface area contributed by atoms with Gasteiger partial charge in [-0.1, -0.05) is 27.7 Å². The van der Waals surface area contributed by atoms with Gasteiger partial charge in [0.1, 0.15) is 0 Å². The van der Waals surface area contributed by atoms with Crippen LogP contribution < -0.4 is 5.32 Å². The highest BCUT2D eigenvalue weighted by atomic mass is 15.3. The fourth-order valence-electron chi connectivity index (χ4n) is 2.87. The minimum Gasteiger partial charge on any atom is -0.314 e. The average molecular weight is 253 g/mol. The van der Waals surface area contributed by atoms with Crippen molar-refractivity contribution in [2.24, 2.45) is 5.41 Å². The maximum atomic E-state index is 3.58. The minimum atomic E-state index is 0.381. The standard InChI is InChI=1S/C15H31N3/c1-13(2)16-11-15(3,4)12-17-7-9-18(10-8-17)14-5-6-14/h13-14,16H,5-12H2,1-4H3. The zero-order valence-electron chi connectivity index (χ0n) is 12.7. The van der Waals surface area contributed by atoms with Crippen molar-refractivity contribution in [2.45, 2.75) is 52.6 Å². The third kappa shape index (κ3) is 4.52. The molecule has 1 saturated heterocycles.